The highest BCUT2D eigenvalue weighted by Gasteiger charge is 2.25. The zero-order chi connectivity index (χ0) is 24.1. The van der Waals surface area contributed by atoms with Gasteiger partial charge in [0.15, 0.2) is 0 Å². The summed E-state index contributed by atoms with van der Waals surface area (Å²) in [7, 11) is -4.08. The molecular weight excluding hydrogens is 455 g/mol. The number of amides is 2. The van der Waals surface area contributed by atoms with Gasteiger partial charge in [-0.1, -0.05) is 48.5 Å². The van der Waals surface area contributed by atoms with Gasteiger partial charge in [-0.15, -0.1) is 0 Å². The molecule has 7 nitrogen and oxygen atoms in total. The number of urea groups is 1. The van der Waals surface area contributed by atoms with Gasteiger partial charge < -0.3 is 9.88 Å². The molecule has 34 heavy (non-hydrogen) atoms. The number of sulfonamides is 1. The molecule has 1 atom stereocenters. The van der Waals surface area contributed by atoms with Gasteiger partial charge >= 0.3 is 6.03 Å². The predicted molar refractivity (Wildman–Crippen MR) is 126 cm³/mol. The Morgan fingerprint density at radius 1 is 1.00 bits per heavy atom. The highest BCUT2D eigenvalue weighted by atomic mass is 32.2. The third-order valence-electron chi connectivity index (χ3n) is 5.28. The molecule has 4 aromatic rings. The van der Waals surface area contributed by atoms with Gasteiger partial charge in [-0.3, -0.25) is 0 Å². The number of hydrogen-bond acceptors (Lipinski definition) is 4. The molecule has 0 aliphatic carbocycles. The van der Waals surface area contributed by atoms with Crippen LogP contribution in [0.15, 0.2) is 96.2 Å². The minimum atomic E-state index is -4.08. The summed E-state index contributed by atoms with van der Waals surface area (Å²) in [5, 5.41) is 2.75. The van der Waals surface area contributed by atoms with Crippen molar-refractivity contribution >= 4 is 16.1 Å². The Morgan fingerprint density at radius 2 is 1.68 bits per heavy atom. The van der Waals surface area contributed by atoms with Crippen LogP contribution in [0.1, 0.15) is 23.0 Å². The zero-order valence-corrected chi connectivity index (χ0v) is 19.2. The molecule has 0 aliphatic rings. The van der Waals surface area contributed by atoms with Gasteiger partial charge in [0, 0.05) is 18.1 Å². The van der Waals surface area contributed by atoms with Gasteiger partial charge in [-0.2, -0.15) is 0 Å². The number of halogens is 1. The van der Waals surface area contributed by atoms with E-state index in [4.69, 9.17) is 0 Å². The summed E-state index contributed by atoms with van der Waals surface area (Å²) in [4.78, 5) is 17.3. The van der Waals surface area contributed by atoms with Gasteiger partial charge in [-0.05, 0) is 54.8 Å². The highest BCUT2D eigenvalue weighted by Crippen LogP contribution is 2.21. The van der Waals surface area contributed by atoms with E-state index in [-0.39, 0.29) is 10.7 Å². The molecule has 2 amide bonds. The van der Waals surface area contributed by atoms with Gasteiger partial charge in [0.25, 0.3) is 10.0 Å². The average Bonchev–Trinajstić information content (AvgIpc) is 3.29. The number of nitrogens with zero attached hydrogens (tertiary/aromatic N) is 2. The second-order valence-electron chi connectivity index (χ2n) is 7.72. The fraction of sp³-hybridized carbons (Fsp3) is 0.120. The van der Waals surface area contributed by atoms with Crippen molar-refractivity contribution in [3.05, 3.63) is 114 Å². The van der Waals surface area contributed by atoms with Gasteiger partial charge in [0.1, 0.15) is 11.6 Å². The molecule has 0 saturated heterocycles. The van der Waals surface area contributed by atoms with E-state index >= 15 is 0 Å². The second-order valence-corrected chi connectivity index (χ2v) is 9.37. The lowest BCUT2D eigenvalue weighted by Gasteiger charge is -2.21. The van der Waals surface area contributed by atoms with E-state index in [1.165, 1.54) is 18.2 Å². The van der Waals surface area contributed by atoms with Crippen molar-refractivity contribution in [1.29, 1.82) is 0 Å². The first-order valence-corrected chi connectivity index (χ1v) is 12.0. The zero-order valence-electron chi connectivity index (χ0n) is 18.4. The normalized spacial score (nSPS) is 12.2. The summed E-state index contributed by atoms with van der Waals surface area (Å²) < 4.78 is 42.8. The monoisotopic (exact) mass is 478 g/mol. The van der Waals surface area contributed by atoms with E-state index in [9.17, 15) is 17.6 Å². The topological polar surface area (TPSA) is 93.1 Å². The third-order valence-corrected chi connectivity index (χ3v) is 6.78. The van der Waals surface area contributed by atoms with Crippen LogP contribution in [0.25, 0.3) is 5.69 Å². The maximum Gasteiger partial charge on any atom is 0.329 e. The number of imidazole rings is 1. The molecule has 0 spiro atoms. The Hall–Kier alpha value is -3.98. The van der Waals surface area contributed by atoms with Crippen LogP contribution in [0.4, 0.5) is 9.18 Å². The Bertz CT molecular complexity index is 1390. The summed E-state index contributed by atoms with van der Waals surface area (Å²) >= 11 is 0. The van der Waals surface area contributed by atoms with Crippen molar-refractivity contribution in [2.24, 2.45) is 0 Å². The summed E-state index contributed by atoms with van der Waals surface area (Å²) in [5.74, 6) is 0.101. The lowest BCUT2D eigenvalue weighted by molar-refractivity contribution is 0.241. The SMILES string of the molecule is Cc1ccccc1S(=O)(=O)NC(=O)N[C@@H](Cc1ccccc1)c1nccn1-c1ccc(F)cc1. The predicted octanol–water partition coefficient (Wildman–Crippen LogP) is 4.29. The fourth-order valence-corrected chi connectivity index (χ4v) is 4.83. The average molecular weight is 479 g/mol. The Kier molecular flexibility index (Phi) is 6.74. The number of carbonyl (C=O) groups excluding carboxylic acids is 1. The van der Waals surface area contributed by atoms with Crippen LogP contribution in [-0.4, -0.2) is 24.0 Å². The highest BCUT2D eigenvalue weighted by molar-refractivity contribution is 7.90. The molecule has 1 heterocycles. The van der Waals surface area contributed by atoms with Crippen molar-refractivity contribution in [1.82, 2.24) is 19.6 Å². The number of aryl methyl sites for hydroxylation is 1. The second kappa shape index (κ2) is 9.88. The first-order chi connectivity index (χ1) is 16.3. The lowest BCUT2D eigenvalue weighted by Crippen LogP contribution is -2.42. The molecule has 0 radical (unpaired) electrons. The minimum absolute atomic E-state index is 0.0255. The van der Waals surface area contributed by atoms with E-state index < -0.39 is 22.1 Å². The van der Waals surface area contributed by atoms with E-state index in [2.05, 4.69) is 15.0 Å². The molecule has 0 unspecified atom stereocenters. The Morgan fingerprint density at radius 3 is 2.38 bits per heavy atom. The van der Waals surface area contributed by atoms with Gasteiger partial charge in [0.2, 0.25) is 0 Å². The largest absolute Gasteiger partial charge is 0.329 e. The minimum Gasteiger partial charge on any atom is -0.327 e. The fourth-order valence-electron chi connectivity index (χ4n) is 3.67. The summed E-state index contributed by atoms with van der Waals surface area (Å²) in [6.07, 6.45) is 3.63. The lowest BCUT2D eigenvalue weighted by atomic mass is 10.1. The van der Waals surface area contributed by atoms with Gasteiger partial charge in [0.05, 0.1) is 10.9 Å². The summed E-state index contributed by atoms with van der Waals surface area (Å²) in [5.41, 5.74) is 2.10. The molecule has 0 aliphatic heterocycles. The van der Waals surface area contributed by atoms with Crippen LogP contribution < -0.4 is 10.0 Å². The first-order valence-electron chi connectivity index (χ1n) is 10.6. The Balaban J connectivity index is 1.63. The Labute approximate surface area is 197 Å². The van der Waals surface area contributed by atoms with Crippen molar-refractivity contribution in [2.75, 3.05) is 0 Å². The van der Waals surface area contributed by atoms with Crippen LogP contribution in [0, 0.1) is 12.7 Å². The molecule has 0 saturated carbocycles. The van der Waals surface area contributed by atoms with Crippen LogP contribution in [0.5, 0.6) is 0 Å². The summed E-state index contributed by atoms with van der Waals surface area (Å²) in [6.45, 7) is 1.66. The van der Waals surface area contributed by atoms with Crippen LogP contribution in [0.3, 0.4) is 0 Å². The molecular formula is C25H23FN4O3S. The molecule has 2 N–H and O–H groups in total. The molecule has 174 valence electrons. The van der Waals surface area contributed by atoms with E-state index in [1.54, 1.807) is 54.2 Å². The number of rotatable bonds is 7. The molecule has 0 fully saturated rings. The van der Waals surface area contributed by atoms with E-state index in [0.29, 0.717) is 23.5 Å². The molecule has 1 aromatic heterocycles. The molecule has 9 heteroatoms. The van der Waals surface area contributed by atoms with Crippen molar-refractivity contribution in [2.45, 2.75) is 24.3 Å². The van der Waals surface area contributed by atoms with Crippen LogP contribution in [-0.2, 0) is 16.4 Å². The summed E-state index contributed by atoms with van der Waals surface area (Å²) in [6, 6.07) is 20.2. The maximum absolute atomic E-state index is 13.4. The van der Waals surface area contributed by atoms with Gasteiger partial charge in [-0.25, -0.2) is 27.3 Å². The van der Waals surface area contributed by atoms with Crippen LogP contribution >= 0.6 is 0 Å². The molecule has 4 rings (SSSR count). The number of benzene rings is 3. The molecule has 3 aromatic carbocycles. The van der Waals surface area contributed by atoms with Crippen LogP contribution in [0.2, 0.25) is 0 Å². The maximum atomic E-state index is 13.4. The van der Waals surface area contributed by atoms with Crippen molar-refractivity contribution in [3.63, 3.8) is 0 Å². The van der Waals surface area contributed by atoms with Crippen molar-refractivity contribution in [3.8, 4) is 5.69 Å². The molecule has 0 bridgehead atoms. The number of hydrogen-bond donors (Lipinski definition) is 2. The standard InChI is InChI=1S/C25H23FN4O3S/c1-18-7-5-6-10-23(18)34(32,33)29-25(31)28-22(17-19-8-3-2-4-9-19)24-27-15-16-30(24)21-13-11-20(26)12-14-21/h2-16,22H,17H2,1H3,(H2,28,29,31)/t22-/m0/s1. The number of aromatic nitrogens is 2. The number of carbonyl (C=O) groups is 1. The first kappa shape index (κ1) is 23.2. The van der Waals surface area contributed by atoms with Crippen molar-refractivity contribution < 1.29 is 17.6 Å². The van der Waals surface area contributed by atoms with E-state index in [1.807, 2.05) is 30.3 Å². The smallest absolute Gasteiger partial charge is 0.327 e. The van der Waals surface area contributed by atoms with E-state index in [0.717, 1.165) is 5.56 Å². The quantitative estimate of drug-likeness (QED) is 0.414. The third kappa shape index (κ3) is 5.32. The number of nitrogens with one attached hydrogen (secondary N) is 2.